The van der Waals surface area contributed by atoms with Gasteiger partial charge in [-0.2, -0.15) is 0 Å². The van der Waals surface area contributed by atoms with Gasteiger partial charge in [-0.1, -0.05) is 18.2 Å². The Morgan fingerprint density at radius 1 is 1.10 bits per heavy atom. The SMILES string of the molecule is O=C(NC[C@H]1OC(=O)N(c2ccc(F)cc2)[C@@H]1c1ccc(O)cc1)c1ccccn1. The number of aromatic hydroxyl groups is 1. The molecule has 152 valence electrons. The molecule has 1 aliphatic heterocycles. The Hall–Kier alpha value is -3.94. The molecule has 30 heavy (non-hydrogen) atoms. The molecule has 0 unspecified atom stereocenters. The average Bonchev–Trinajstić information content (AvgIpc) is 3.10. The predicted octanol–water partition coefficient (Wildman–Crippen LogP) is 3.42. The van der Waals surface area contributed by atoms with Gasteiger partial charge in [0.2, 0.25) is 0 Å². The second-order valence-electron chi connectivity index (χ2n) is 6.73. The molecule has 0 bridgehead atoms. The van der Waals surface area contributed by atoms with Crippen LogP contribution >= 0.6 is 0 Å². The summed E-state index contributed by atoms with van der Waals surface area (Å²) < 4.78 is 18.9. The summed E-state index contributed by atoms with van der Waals surface area (Å²) in [6.45, 7) is 0.0460. The van der Waals surface area contributed by atoms with Crippen molar-refractivity contribution in [2.45, 2.75) is 12.1 Å². The van der Waals surface area contributed by atoms with Gasteiger partial charge in [0, 0.05) is 11.9 Å². The van der Waals surface area contributed by atoms with Crippen LogP contribution in [-0.2, 0) is 4.74 Å². The molecule has 1 aliphatic rings. The van der Waals surface area contributed by atoms with Gasteiger partial charge in [0.15, 0.2) is 0 Å². The van der Waals surface area contributed by atoms with E-state index in [0.717, 1.165) is 0 Å². The van der Waals surface area contributed by atoms with Gasteiger partial charge in [-0.25, -0.2) is 9.18 Å². The highest BCUT2D eigenvalue weighted by atomic mass is 19.1. The highest BCUT2D eigenvalue weighted by Gasteiger charge is 2.43. The van der Waals surface area contributed by atoms with E-state index >= 15 is 0 Å². The molecule has 2 aromatic carbocycles. The predicted molar refractivity (Wildman–Crippen MR) is 107 cm³/mol. The number of hydrogen-bond donors (Lipinski definition) is 2. The Kier molecular flexibility index (Phi) is 5.30. The maximum absolute atomic E-state index is 13.4. The molecule has 0 saturated carbocycles. The summed E-state index contributed by atoms with van der Waals surface area (Å²) in [5.74, 6) is -0.736. The van der Waals surface area contributed by atoms with E-state index in [2.05, 4.69) is 10.3 Å². The third-order valence-corrected chi connectivity index (χ3v) is 4.78. The van der Waals surface area contributed by atoms with Crippen LogP contribution in [0.25, 0.3) is 0 Å². The lowest BCUT2D eigenvalue weighted by molar-refractivity contribution is 0.0897. The Morgan fingerprint density at radius 3 is 2.50 bits per heavy atom. The lowest BCUT2D eigenvalue weighted by atomic mass is 9.99. The Bertz CT molecular complexity index is 1040. The first-order valence-electron chi connectivity index (χ1n) is 9.26. The van der Waals surface area contributed by atoms with Crippen molar-refractivity contribution >= 4 is 17.7 Å². The fraction of sp³-hybridized carbons (Fsp3) is 0.136. The number of ether oxygens (including phenoxy) is 1. The molecule has 0 aliphatic carbocycles. The number of hydrogen-bond acceptors (Lipinski definition) is 5. The molecule has 2 N–H and O–H groups in total. The molecule has 2 amide bonds. The topological polar surface area (TPSA) is 91.8 Å². The van der Waals surface area contributed by atoms with E-state index in [1.165, 1.54) is 47.5 Å². The monoisotopic (exact) mass is 407 g/mol. The minimum atomic E-state index is -0.709. The first-order chi connectivity index (χ1) is 14.5. The number of nitrogens with zero attached hydrogens (tertiary/aromatic N) is 2. The van der Waals surface area contributed by atoms with Crippen LogP contribution in [0.3, 0.4) is 0 Å². The zero-order valence-electron chi connectivity index (χ0n) is 15.7. The van der Waals surface area contributed by atoms with Crippen LogP contribution in [0.15, 0.2) is 72.9 Å². The number of amides is 2. The molecule has 2 heterocycles. The Morgan fingerprint density at radius 2 is 1.83 bits per heavy atom. The molecule has 1 saturated heterocycles. The van der Waals surface area contributed by atoms with Crippen molar-refractivity contribution in [3.05, 3.63) is 90.0 Å². The smallest absolute Gasteiger partial charge is 0.415 e. The number of carbonyl (C=O) groups is 2. The van der Waals surface area contributed by atoms with Crippen LogP contribution in [-0.4, -0.2) is 34.7 Å². The minimum absolute atomic E-state index is 0.0460. The zero-order valence-corrected chi connectivity index (χ0v) is 15.7. The average molecular weight is 407 g/mol. The van der Waals surface area contributed by atoms with Crippen molar-refractivity contribution in [3.8, 4) is 5.75 Å². The van der Waals surface area contributed by atoms with Gasteiger partial charge < -0.3 is 15.2 Å². The first kappa shape index (κ1) is 19.4. The maximum atomic E-state index is 13.4. The van der Waals surface area contributed by atoms with Crippen LogP contribution in [0.2, 0.25) is 0 Å². The number of nitrogens with one attached hydrogen (secondary N) is 1. The van der Waals surface area contributed by atoms with Gasteiger partial charge >= 0.3 is 6.09 Å². The number of phenolic OH excluding ortho intramolecular Hbond substituents is 1. The molecule has 3 aromatic rings. The second kappa shape index (κ2) is 8.20. The maximum Gasteiger partial charge on any atom is 0.415 e. The molecule has 4 rings (SSSR count). The van der Waals surface area contributed by atoms with Crippen molar-refractivity contribution in [1.82, 2.24) is 10.3 Å². The van der Waals surface area contributed by atoms with E-state index in [1.807, 2.05) is 0 Å². The zero-order chi connectivity index (χ0) is 21.1. The molecule has 7 nitrogen and oxygen atoms in total. The summed E-state index contributed by atoms with van der Waals surface area (Å²) in [5.41, 5.74) is 1.40. The van der Waals surface area contributed by atoms with Crippen molar-refractivity contribution in [3.63, 3.8) is 0 Å². The molecular weight excluding hydrogens is 389 g/mol. The number of pyridine rings is 1. The van der Waals surface area contributed by atoms with Gasteiger partial charge in [-0.05, 0) is 54.1 Å². The van der Waals surface area contributed by atoms with E-state index in [0.29, 0.717) is 11.3 Å². The summed E-state index contributed by atoms with van der Waals surface area (Å²) >= 11 is 0. The molecular formula is C22H18FN3O4. The Balaban J connectivity index is 1.61. The van der Waals surface area contributed by atoms with Crippen molar-refractivity contribution < 1.29 is 23.8 Å². The number of benzene rings is 2. The third kappa shape index (κ3) is 3.93. The minimum Gasteiger partial charge on any atom is -0.508 e. The van der Waals surface area contributed by atoms with Gasteiger partial charge in [-0.3, -0.25) is 14.7 Å². The number of aromatic nitrogens is 1. The number of rotatable bonds is 5. The fourth-order valence-corrected chi connectivity index (χ4v) is 3.37. The van der Waals surface area contributed by atoms with Crippen molar-refractivity contribution in [2.24, 2.45) is 0 Å². The number of halogens is 1. The van der Waals surface area contributed by atoms with E-state index in [-0.39, 0.29) is 18.0 Å². The van der Waals surface area contributed by atoms with Gasteiger partial charge in [0.05, 0.1) is 6.54 Å². The normalized spacial score (nSPS) is 18.2. The van der Waals surface area contributed by atoms with Gasteiger partial charge in [-0.15, -0.1) is 0 Å². The van der Waals surface area contributed by atoms with E-state index in [4.69, 9.17) is 4.74 Å². The van der Waals surface area contributed by atoms with Gasteiger partial charge in [0.25, 0.3) is 5.91 Å². The van der Waals surface area contributed by atoms with Crippen LogP contribution in [0.4, 0.5) is 14.9 Å². The summed E-state index contributed by atoms with van der Waals surface area (Å²) in [4.78, 5) is 30.4. The van der Waals surface area contributed by atoms with E-state index in [9.17, 15) is 19.1 Å². The third-order valence-electron chi connectivity index (χ3n) is 4.78. The first-order valence-corrected chi connectivity index (χ1v) is 9.26. The van der Waals surface area contributed by atoms with Crippen molar-refractivity contribution in [1.29, 1.82) is 0 Å². The second-order valence-corrected chi connectivity index (χ2v) is 6.73. The van der Waals surface area contributed by atoms with Crippen LogP contribution in [0.1, 0.15) is 22.1 Å². The summed E-state index contributed by atoms with van der Waals surface area (Å²) in [7, 11) is 0. The van der Waals surface area contributed by atoms with Crippen molar-refractivity contribution in [2.75, 3.05) is 11.4 Å². The van der Waals surface area contributed by atoms with Crippen LogP contribution in [0, 0.1) is 5.82 Å². The largest absolute Gasteiger partial charge is 0.508 e. The summed E-state index contributed by atoms with van der Waals surface area (Å²) in [6, 6.07) is 16.2. The van der Waals surface area contributed by atoms with Crippen LogP contribution in [0.5, 0.6) is 5.75 Å². The summed E-state index contributed by atoms with van der Waals surface area (Å²) in [6.07, 6.45) is 0.191. The molecule has 2 atom stereocenters. The summed E-state index contributed by atoms with van der Waals surface area (Å²) in [5, 5.41) is 12.4. The number of cyclic esters (lactones) is 1. The lowest BCUT2D eigenvalue weighted by Crippen LogP contribution is -2.37. The number of anilines is 1. The molecule has 0 radical (unpaired) electrons. The van der Waals surface area contributed by atoms with E-state index < -0.39 is 30.0 Å². The molecule has 8 heteroatoms. The molecule has 0 spiro atoms. The fourth-order valence-electron chi connectivity index (χ4n) is 3.37. The highest BCUT2D eigenvalue weighted by Crippen LogP contribution is 2.37. The lowest BCUT2D eigenvalue weighted by Gasteiger charge is -2.25. The van der Waals surface area contributed by atoms with Crippen LogP contribution < -0.4 is 10.2 Å². The number of phenols is 1. The van der Waals surface area contributed by atoms with Gasteiger partial charge in [0.1, 0.15) is 29.4 Å². The molecule has 1 fully saturated rings. The standard InChI is InChI=1S/C22H18FN3O4/c23-15-6-8-16(9-7-15)26-20(14-4-10-17(27)11-5-14)19(30-22(26)29)13-25-21(28)18-3-1-2-12-24-18/h1-12,19-20,27H,13H2,(H,25,28)/t19-,20-/m1/s1. The number of carbonyl (C=O) groups excluding carboxylic acids is 2. The Labute approximate surface area is 171 Å². The highest BCUT2D eigenvalue weighted by molar-refractivity contribution is 5.93. The van der Waals surface area contributed by atoms with E-state index in [1.54, 1.807) is 30.3 Å². The quantitative estimate of drug-likeness (QED) is 0.676. The molecule has 1 aromatic heterocycles.